The highest BCUT2D eigenvalue weighted by molar-refractivity contribution is 9.10. The van der Waals surface area contributed by atoms with Gasteiger partial charge in [-0.05, 0) is 55.3 Å². The number of benzene rings is 2. The molecule has 0 aliphatic rings. The van der Waals surface area contributed by atoms with Crippen molar-refractivity contribution in [1.29, 1.82) is 0 Å². The summed E-state index contributed by atoms with van der Waals surface area (Å²) >= 11 is 3.53. The van der Waals surface area contributed by atoms with E-state index in [0.717, 1.165) is 11.0 Å². The molecule has 3 heteroatoms. The second-order valence-corrected chi connectivity index (χ2v) is 6.52. The van der Waals surface area contributed by atoms with Gasteiger partial charge in [0.2, 0.25) is 0 Å². The molecule has 0 saturated heterocycles. The summed E-state index contributed by atoms with van der Waals surface area (Å²) in [6.07, 6.45) is 0. The van der Waals surface area contributed by atoms with Crippen LogP contribution in [0.15, 0.2) is 46.9 Å². The minimum absolute atomic E-state index is 0.241. The summed E-state index contributed by atoms with van der Waals surface area (Å²) in [5.74, 6) is 0. The van der Waals surface area contributed by atoms with Gasteiger partial charge in [-0.3, -0.25) is 4.90 Å². The summed E-state index contributed by atoms with van der Waals surface area (Å²) < 4.78 is 1.12. The highest BCUT2D eigenvalue weighted by Gasteiger charge is 2.19. The zero-order chi connectivity index (χ0) is 15.4. The van der Waals surface area contributed by atoms with Crippen molar-refractivity contribution in [3.8, 4) is 0 Å². The molecule has 0 aliphatic carbocycles. The molecule has 2 aromatic rings. The predicted molar refractivity (Wildman–Crippen MR) is 93.3 cm³/mol. The van der Waals surface area contributed by atoms with Gasteiger partial charge in [-0.15, -0.1) is 0 Å². The van der Waals surface area contributed by atoms with Crippen molar-refractivity contribution in [2.75, 3.05) is 13.6 Å². The smallest absolute Gasteiger partial charge is 0.0476 e. The fraction of sp³-hybridized carbons (Fsp3) is 0.333. The van der Waals surface area contributed by atoms with E-state index < -0.39 is 0 Å². The van der Waals surface area contributed by atoms with E-state index in [4.69, 9.17) is 5.73 Å². The highest BCUT2D eigenvalue weighted by atomic mass is 79.9. The van der Waals surface area contributed by atoms with E-state index in [9.17, 15) is 0 Å². The Balaban J connectivity index is 2.25. The van der Waals surface area contributed by atoms with Crippen LogP contribution in [0, 0.1) is 13.8 Å². The lowest BCUT2D eigenvalue weighted by molar-refractivity contribution is 0.240. The SMILES string of the molecule is Cc1cccc(C)c1C(CN)N(C)Cc1cccc(Br)c1. The average molecular weight is 347 g/mol. The summed E-state index contributed by atoms with van der Waals surface area (Å²) in [5, 5.41) is 0. The first-order valence-electron chi connectivity index (χ1n) is 7.23. The molecule has 1 unspecified atom stereocenters. The zero-order valence-electron chi connectivity index (χ0n) is 12.9. The van der Waals surface area contributed by atoms with Crippen molar-refractivity contribution in [3.05, 3.63) is 69.2 Å². The van der Waals surface area contributed by atoms with E-state index in [-0.39, 0.29) is 6.04 Å². The van der Waals surface area contributed by atoms with Gasteiger partial charge in [0.1, 0.15) is 0 Å². The maximum absolute atomic E-state index is 6.08. The molecule has 0 aromatic heterocycles. The Kier molecular flexibility index (Phi) is 5.57. The number of halogens is 1. The normalized spacial score (nSPS) is 12.7. The molecule has 0 heterocycles. The summed E-state index contributed by atoms with van der Waals surface area (Å²) in [6, 6.07) is 15.1. The van der Waals surface area contributed by atoms with Gasteiger partial charge in [-0.25, -0.2) is 0 Å². The van der Waals surface area contributed by atoms with Crippen molar-refractivity contribution < 1.29 is 0 Å². The quantitative estimate of drug-likeness (QED) is 0.878. The minimum Gasteiger partial charge on any atom is -0.329 e. The van der Waals surface area contributed by atoms with Crippen LogP contribution in [0.2, 0.25) is 0 Å². The van der Waals surface area contributed by atoms with E-state index in [2.05, 4.69) is 84.2 Å². The van der Waals surface area contributed by atoms with Crippen molar-refractivity contribution in [2.24, 2.45) is 5.73 Å². The molecule has 2 N–H and O–H groups in total. The van der Waals surface area contributed by atoms with E-state index in [0.29, 0.717) is 6.54 Å². The fourth-order valence-electron chi connectivity index (χ4n) is 2.90. The molecule has 1 atom stereocenters. The van der Waals surface area contributed by atoms with Crippen LogP contribution in [-0.4, -0.2) is 18.5 Å². The Hall–Kier alpha value is -1.16. The summed E-state index contributed by atoms with van der Waals surface area (Å²) in [5.41, 5.74) is 11.3. The number of hydrogen-bond acceptors (Lipinski definition) is 2. The molecule has 0 bridgehead atoms. The average Bonchev–Trinajstić information content (AvgIpc) is 2.43. The van der Waals surface area contributed by atoms with Crippen LogP contribution in [-0.2, 0) is 6.54 Å². The van der Waals surface area contributed by atoms with Crippen molar-refractivity contribution >= 4 is 15.9 Å². The Labute approximate surface area is 136 Å². The molecule has 0 spiro atoms. The monoisotopic (exact) mass is 346 g/mol. The van der Waals surface area contributed by atoms with Gasteiger partial charge < -0.3 is 5.73 Å². The Morgan fingerprint density at radius 3 is 2.29 bits per heavy atom. The van der Waals surface area contributed by atoms with Crippen LogP contribution in [0.4, 0.5) is 0 Å². The number of rotatable bonds is 5. The first-order valence-corrected chi connectivity index (χ1v) is 8.03. The molecule has 0 saturated carbocycles. The van der Waals surface area contributed by atoms with Gasteiger partial charge in [-0.2, -0.15) is 0 Å². The summed E-state index contributed by atoms with van der Waals surface area (Å²) in [7, 11) is 2.14. The summed E-state index contributed by atoms with van der Waals surface area (Å²) in [4.78, 5) is 2.33. The first-order chi connectivity index (χ1) is 10.0. The third-order valence-electron chi connectivity index (χ3n) is 3.95. The van der Waals surface area contributed by atoms with Crippen LogP contribution in [0.5, 0.6) is 0 Å². The largest absolute Gasteiger partial charge is 0.329 e. The van der Waals surface area contributed by atoms with Crippen LogP contribution < -0.4 is 5.73 Å². The van der Waals surface area contributed by atoms with Gasteiger partial charge in [0.15, 0.2) is 0 Å². The van der Waals surface area contributed by atoms with Crippen LogP contribution in [0.25, 0.3) is 0 Å². The second-order valence-electron chi connectivity index (χ2n) is 5.60. The van der Waals surface area contributed by atoms with Crippen LogP contribution >= 0.6 is 15.9 Å². The number of nitrogens with zero attached hydrogens (tertiary/aromatic N) is 1. The molecule has 0 amide bonds. The van der Waals surface area contributed by atoms with Crippen LogP contribution in [0.1, 0.15) is 28.3 Å². The topological polar surface area (TPSA) is 29.3 Å². The number of hydrogen-bond donors (Lipinski definition) is 1. The highest BCUT2D eigenvalue weighted by Crippen LogP contribution is 2.27. The fourth-order valence-corrected chi connectivity index (χ4v) is 3.35. The van der Waals surface area contributed by atoms with Gasteiger partial charge >= 0.3 is 0 Å². The molecule has 2 nitrogen and oxygen atoms in total. The van der Waals surface area contributed by atoms with Gasteiger partial charge in [-0.1, -0.05) is 46.3 Å². The van der Waals surface area contributed by atoms with Gasteiger partial charge in [0, 0.05) is 23.6 Å². The van der Waals surface area contributed by atoms with Crippen molar-refractivity contribution in [3.63, 3.8) is 0 Å². The lowest BCUT2D eigenvalue weighted by Gasteiger charge is -2.30. The lowest BCUT2D eigenvalue weighted by Crippen LogP contribution is -2.31. The first kappa shape index (κ1) is 16.2. The molecule has 112 valence electrons. The predicted octanol–water partition coefficient (Wildman–Crippen LogP) is 4.20. The van der Waals surface area contributed by atoms with Gasteiger partial charge in [0.25, 0.3) is 0 Å². The zero-order valence-corrected chi connectivity index (χ0v) is 14.5. The van der Waals surface area contributed by atoms with E-state index in [1.165, 1.54) is 22.3 Å². The third-order valence-corrected chi connectivity index (χ3v) is 4.44. The molecule has 2 aromatic carbocycles. The van der Waals surface area contributed by atoms with E-state index in [1.54, 1.807) is 0 Å². The molecule has 0 fully saturated rings. The Morgan fingerprint density at radius 1 is 1.10 bits per heavy atom. The summed E-state index contributed by atoms with van der Waals surface area (Å²) in [6.45, 7) is 5.83. The maximum atomic E-state index is 6.08. The van der Waals surface area contributed by atoms with Crippen molar-refractivity contribution in [1.82, 2.24) is 4.90 Å². The van der Waals surface area contributed by atoms with E-state index >= 15 is 0 Å². The molecular formula is C18H23BrN2. The number of nitrogens with two attached hydrogens (primary N) is 1. The second kappa shape index (κ2) is 7.21. The number of aryl methyl sites for hydroxylation is 2. The van der Waals surface area contributed by atoms with Gasteiger partial charge in [0.05, 0.1) is 0 Å². The third kappa shape index (κ3) is 3.94. The molecular weight excluding hydrogens is 324 g/mol. The van der Waals surface area contributed by atoms with E-state index in [1.807, 2.05) is 0 Å². The maximum Gasteiger partial charge on any atom is 0.0476 e. The minimum atomic E-state index is 0.241. The Morgan fingerprint density at radius 2 is 1.71 bits per heavy atom. The molecule has 21 heavy (non-hydrogen) atoms. The number of likely N-dealkylation sites (N-methyl/N-ethyl adjacent to an activating group) is 1. The molecule has 0 radical (unpaired) electrons. The lowest BCUT2D eigenvalue weighted by atomic mass is 9.95. The molecule has 2 rings (SSSR count). The van der Waals surface area contributed by atoms with Crippen molar-refractivity contribution in [2.45, 2.75) is 26.4 Å². The van der Waals surface area contributed by atoms with Crippen LogP contribution in [0.3, 0.4) is 0 Å². The standard InChI is InChI=1S/C18H23BrN2/c1-13-6-4-7-14(2)18(13)17(11-20)21(3)12-15-8-5-9-16(19)10-15/h4-10,17H,11-12,20H2,1-3H3. The Bertz CT molecular complexity index is 590. The molecule has 0 aliphatic heterocycles.